The molecule has 11 heteroatoms. The molecule has 0 amide bonds. The number of ether oxygens (including phenoxy) is 2. The minimum Gasteiger partial charge on any atom is -0.382 e. The Morgan fingerprint density at radius 2 is 1.46 bits per heavy atom. The molecule has 1 unspecified atom stereocenters. The molecule has 0 aliphatic carbocycles. The molecule has 2 N–H and O–H groups in total. The summed E-state index contributed by atoms with van der Waals surface area (Å²) in [5, 5.41) is 0. The van der Waals surface area contributed by atoms with Crippen molar-refractivity contribution in [1.82, 2.24) is 19.5 Å². The van der Waals surface area contributed by atoms with Gasteiger partial charge < -0.3 is 28.8 Å². The number of aryl methyl sites for hydroxylation is 1. The van der Waals surface area contributed by atoms with E-state index in [1.807, 2.05) is 42.7 Å². The Bertz CT molecular complexity index is 1320. The first-order chi connectivity index (χ1) is 23.4. The average Bonchev–Trinajstić information content (AvgIpc) is 3.49. The van der Waals surface area contributed by atoms with Crippen LogP contribution in [0.4, 0.5) is 5.82 Å². The fourth-order valence-electron chi connectivity index (χ4n) is 5.76. The maximum absolute atomic E-state index is 13.7. The first kappa shape index (κ1) is 40.1. The summed E-state index contributed by atoms with van der Waals surface area (Å²) in [6, 6.07) is 7.92. The maximum Gasteiger partial charge on any atom is 0.356 e. The highest BCUT2D eigenvalue weighted by Crippen LogP contribution is 2.49. The van der Waals surface area contributed by atoms with Crippen molar-refractivity contribution < 1.29 is 23.1 Å². The lowest BCUT2D eigenvalue weighted by Gasteiger charge is -2.21. The molecule has 0 bridgehead atoms. The second-order valence-electron chi connectivity index (χ2n) is 13.1. The second-order valence-corrected chi connectivity index (χ2v) is 15.1. The standard InChI is InChI=1S/C37H62N5O5P/c1-4-5-6-7-8-9-10-11-12-13-14-15-16-17-18-19-23-44-24-25-46-48(43,47-28-34-22-20-21-32(2)26-34)31-45-33(3)27-42-30-41-35-36(38)39-29-40-37(35)42/h20-22,26,29-30,33H,4-19,23-25,27-28,31H2,1-3H3,(H2,38,39,40)/t33-,48?/m1/s1. The van der Waals surface area contributed by atoms with Gasteiger partial charge in [-0.1, -0.05) is 133 Å². The summed E-state index contributed by atoms with van der Waals surface area (Å²) in [6.07, 6.45) is 24.1. The molecule has 0 radical (unpaired) electrons. The Morgan fingerprint density at radius 3 is 2.10 bits per heavy atom. The number of rotatable bonds is 29. The number of anilines is 1. The number of nitrogens with two attached hydrogens (primary N) is 1. The van der Waals surface area contributed by atoms with E-state index in [0.717, 1.165) is 17.5 Å². The van der Waals surface area contributed by atoms with E-state index >= 15 is 0 Å². The molecular weight excluding hydrogens is 625 g/mol. The molecule has 0 fully saturated rings. The van der Waals surface area contributed by atoms with Gasteiger partial charge in [0.25, 0.3) is 0 Å². The third kappa shape index (κ3) is 16.4. The molecule has 3 rings (SSSR count). The van der Waals surface area contributed by atoms with Gasteiger partial charge in [-0.2, -0.15) is 0 Å². The van der Waals surface area contributed by atoms with E-state index < -0.39 is 7.60 Å². The number of nitrogen functional groups attached to an aromatic ring is 1. The van der Waals surface area contributed by atoms with Crippen LogP contribution in [0.1, 0.15) is 128 Å². The lowest BCUT2D eigenvalue weighted by atomic mass is 10.0. The van der Waals surface area contributed by atoms with Crippen molar-refractivity contribution in [3.63, 3.8) is 0 Å². The molecule has 1 aromatic carbocycles. The van der Waals surface area contributed by atoms with Gasteiger partial charge in [-0.15, -0.1) is 0 Å². The summed E-state index contributed by atoms with van der Waals surface area (Å²) in [4.78, 5) is 12.6. The van der Waals surface area contributed by atoms with Crippen molar-refractivity contribution in [3.05, 3.63) is 48.0 Å². The minimum atomic E-state index is -3.57. The smallest absolute Gasteiger partial charge is 0.356 e. The first-order valence-corrected chi connectivity index (χ1v) is 20.2. The molecule has 2 aromatic heterocycles. The van der Waals surface area contributed by atoms with Crippen LogP contribution in [0, 0.1) is 6.92 Å². The number of fused-ring (bicyclic) bond motifs is 1. The Kier molecular flexibility index (Phi) is 20.0. The quantitative estimate of drug-likeness (QED) is 0.0561. The van der Waals surface area contributed by atoms with Gasteiger partial charge >= 0.3 is 7.60 Å². The third-order valence-corrected chi connectivity index (χ3v) is 10.1. The van der Waals surface area contributed by atoms with Crippen molar-refractivity contribution in [1.29, 1.82) is 0 Å². The molecule has 0 aliphatic heterocycles. The van der Waals surface area contributed by atoms with Crippen LogP contribution in [-0.4, -0.2) is 51.8 Å². The van der Waals surface area contributed by atoms with Crippen LogP contribution >= 0.6 is 7.60 Å². The van der Waals surface area contributed by atoms with Gasteiger partial charge in [0.2, 0.25) is 0 Å². The van der Waals surface area contributed by atoms with Crippen LogP contribution in [0.3, 0.4) is 0 Å². The SMILES string of the molecule is CCCCCCCCCCCCCCCCCCOCCOP(=O)(CO[C@H](C)Cn1cnc2c(N)ncnc21)OCc1cccc(C)c1. The van der Waals surface area contributed by atoms with E-state index in [1.165, 1.54) is 103 Å². The molecule has 10 nitrogen and oxygen atoms in total. The fourth-order valence-corrected chi connectivity index (χ4v) is 7.12. The number of aromatic nitrogens is 4. The zero-order valence-corrected chi connectivity index (χ0v) is 30.8. The van der Waals surface area contributed by atoms with Gasteiger partial charge in [0.15, 0.2) is 11.5 Å². The molecule has 2 heterocycles. The average molecular weight is 688 g/mol. The summed E-state index contributed by atoms with van der Waals surface area (Å²) in [6.45, 7) is 7.99. The summed E-state index contributed by atoms with van der Waals surface area (Å²) in [7, 11) is -3.57. The van der Waals surface area contributed by atoms with Crippen molar-refractivity contribution in [2.75, 3.05) is 31.9 Å². The number of hydrogen-bond acceptors (Lipinski definition) is 9. The number of unbranched alkanes of at least 4 members (excludes halogenated alkanes) is 15. The molecular formula is C37H62N5O5P. The van der Waals surface area contributed by atoms with E-state index in [2.05, 4.69) is 21.9 Å². The Morgan fingerprint density at radius 1 is 0.812 bits per heavy atom. The number of hydrogen-bond donors (Lipinski definition) is 1. The summed E-state index contributed by atoms with van der Waals surface area (Å²) >= 11 is 0. The topological polar surface area (TPSA) is 124 Å². The first-order valence-electron chi connectivity index (χ1n) is 18.4. The van der Waals surface area contributed by atoms with Crippen LogP contribution < -0.4 is 5.73 Å². The number of imidazole rings is 1. The molecule has 270 valence electrons. The normalized spacial score (nSPS) is 13.6. The number of nitrogens with zero attached hydrogens (tertiary/aromatic N) is 4. The molecule has 0 spiro atoms. The zero-order chi connectivity index (χ0) is 34.3. The Balaban J connectivity index is 1.27. The summed E-state index contributed by atoms with van der Waals surface area (Å²) < 4.78 is 39.1. The second kappa shape index (κ2) is 23.9. The fraction of sp³-hybridized carbons (Fsp3) is 0.703. The van der Waals surface area contributed by atoms with Gasteiger partial charge in [0.1, 0.15) is 18.2 Å². The van der Waals surface area contributed by atoms with Crippen molar-refractivity contribution >= 4 is 24.6 Å². The number of benzene rings is 1. The van der Waals surface area contributed by atoms with E-state index in [-0.39, 0.29) is 25.7 Å². The van der Waals surface area contributed by atoms with Gasteiger partial charge in [0, 0.05) is 6.61 Å². The summed E-state index contributed by atoms with van der Waals surface area (Å²) in [5.41, 5.74) is 9.11. The van der Waals surface area contributed by atoms with Gasteiger partial charge in [-0.3, -0.25) is 4.57 Å². The largest absolute Gasteiger partial charge is 0.382 e. The molecule has 0 saturated heterocycles. The van der Waals surface area contributed by atoms with Gasteiger partial charge in [-0.25, -0.2) is 15.0 Å². The molecule has 48 heavy (non-hydrogen) atoms. The van der Waals surface area contributed by atoms with Crippen molar-refractivity contribution in [2.45, 2.75) is 143 Å². The van der Waals surface area contributed by atoms with E-state index in [0.29, 0.717) is 36.7 Å². The van der Waals surface area contributed by atoms with E-state index in [1.54, 1.807) is 6.33 Å². The predicted octanol–water partition coefficient (Wildman–Crippen LogP) is 9.78. The third-order valence-electron chi connectivity index (χ3n) is 8.57. The highest BCUT2D eigenvalue weighted by Gasteiger charge is 2.27. The van der Waals surface area contributed by atoms with Crippen molar-refractivity contribution in [3.8, 4) is 0 Å². The molecule has 0 aliphatic rings. The van der Waals surface area contributed by atoms with Crippen LogP contribution in [0.2, 0.25) is 0 Å². The van der Waals surface area contributed by atoms with E-state index in [4.69, 9.17) is 24.3 Å². The highest BCUT2D eigenvalue weighted by atomic mass is 31.2. The lowest BCUT2D eigenvalue weighted by molar-refractivity contribution is 0.0530. The van der Waals surface area contributed by atoms with Crippen LogP contribution in [0.15, 0.2) is 36.9 Å². The molecule has 3 aromatic rings. The Hall–Kier alpha value is -2.36. The van der Waals surface area contributed by atoms with Gasteiger partial charge in [0.05, 0.1) is 38.8 Å². The van der Waals surface area contributed by atoms with Crippen LogP contribution in [0.5, 0.6) is 0 Å². The molecule has 0 saturated carbocycles. The molecule has 2 atom stereocenters. The monoisotopic (exact) mass is 687 g/mol. The van der Waals surface area contributed by atoms with Crippen LogP contribution in [0.25, 0.3) is 11.2 Å². The van der Waals surface area contributed by atoms with E-state index in [9.17, 15) is 4.57 Å². The maximum atomic E-state index is 13.7. The minimum absolute atomic E-state index is 0.166. The highest BCUT2D eigenvalue weighted by molar-refractivity contribution is 7.53. The van der Waals surface area contributed by atoms with Crippen LogP contribution in [-0.2, 0) is 36.2 Å². The Labute approximate surface area is 289 Å². The van der Waals surface area contributed by atoms with Crippen molar-refractivity contribution in [2.24, 2.45) is 0 Å². The van der Waals surface area contributed by atoms with Gasteiger partial charge in [-0.05, 0) is 25.8 Å². The summed E-state index contributed by atoms with van der Waals surface area (Å²) in [5.74, 6) is 0.326. The predicted molar refractivity (Wildman–Crippen MR) is 195 cm³/mol. The lowest BCUT2D eigenvalue weighted by Crippen LogP contribution is -2.18. The zero-order valence-electron chi connectivity index (χ0n) is 30.0.